The second-order valence-electron chi connectivity index (χ2n) is 13.3. The van der Waals surface area contributed by atoms with Crippen molar-refractivity contribution in [3.05, 3.63) is 175 Å². The quantitative estimate of drug-likeness (QED) is 0.182. The number of hydrogen-bond donors (Lipinski definition) is 0. The van der Waals surface area contributed by atoms with Crippen molar-refractivity contribution in [3.63, 3.8) is 0 Å². The van der Waals surface area contributed by atoms with Gasteiger partial charge in [-0.3, -0.25) is 0 Å². The first-order chi connectivity index (χ1) is 29.7. The number of fused-ring (bicyclic) bond motifs is 6. The van der Waals surface area contributed by atoms with Crippen LogP contribution < -0.4 is 0 Å². The van der Waals surface area contributed by atoms with Crippen molar-refractivity contribution in [2.75, 3.05) is 0 Å². The predicted octanol–water partition coefficient (Wildman–Crippen LogP) is 12.4. The molecule has 0 spiro atoms. The van der Waals surface area contributed by atoms with Crippen LogP contribution in [0.2, 0.25) is 0 Å². The summed E-state index contributed by atoms with van der Waals surface area (Å²) >= 11 is 0. The Kier molecular flexibility index (Phi) is 4.85. The van der Waals surface area contributed by atoms with Gasteiger partial charge in [-0.2, -0.15) is 0 Å². The fourth-order valence-corrected chi connectivity index (χ4v) is 7.50. The first-order valence-electron chi connectivity index (χ1n) is 21.9. The molecular formula is C48H33N3O. The van der Waals surface area contributed by atoms with Crippen molar-refractivity contribution < 1.29 is 18.1 Å². The Bertz CT molecular complexity index is 3340. The lowest BCUT2D eigenvalue weighted by atomic mass is 9.80. The van der Waals surface area contributed by atoms with Gasteiger partial charge in [-0.1, -0.05) is 153 Å². The zero-order valence-electron chi connectivity index (χ0n) is 38.1. The van der Waals surface area contributed by atoms with Gasteiger partial charge in [0.25, 0.3) is 0 Å². The van der Waals surface area contributed by atoms with E-state index >= 15 is 0 Å². The van der Waals surface area contributed by atoms with Gasteiger partial charge >= 0.3 is 0 Å². The van der Waals surface area contributed by atoms with Crippen molar-refractivity contribution in [3.8, 4) is 67.5 Å². The Morgan fingerprint density at radius 3 is 1.92 bits per heavy atom. The molecule has 0 saturated carbocycles. The summed E-state index contributed by atoms with van der Waals surface area (Å²) in [6.07, 6.45) is 0. The number of rotatable bonds is 5. The van der Waals surface area contributed by atoms with Crippen LogP contribution in [0.5, 0.6) is 0 Å². The van der Waals surface area contributed by atoms with Crippen molar-refractivity contribution >= 4 is 21.9 Å². The van der Waals surface area contributed by atoms with E-state index in [1.807, 2.05) is 54.6 Å². The van der Waals surface area contributed by atoms with Gasteiger partial charge in [-0.05, 0) is 63.2 Å². The zero-order valence-corrected chi connectivity index (χ0v) is 28.1. The van der Waals surface area contributed by atoms with E-state index in [1.165, 1.54) is 17.2 Å². The Morgan fingerprint density at radius 2 is 1.13 bits per heavy atom. The number of hydrogen-bond acceptors (Lipinski definition) is 4. The van der Waals surface area contributed by atoms with E-state index in [9.17, 15) is 0 Å². The summed E-state index contributed by atoms with van der Waals surface area (Å²) in [5.74, 6) is 1.32. The lowest BCUT2D eigenvalue weighted by molar-refractivity contribution is 0.661. The molecule has 0 amide bonds. The van der Waals surface area contributed by atoms with E-state index in [-0.39, 0.29) is 33.3 Å². The smallest absolute Gasteiger partial charge is 0.164 e. The molecule has 2 aromatic heterocycles. The summed E-state index contributed by atoms with van der Waals surface area (Å²) in [5.41, 5.74) is 7.04. The second kappa shape index (κ2) is 11.7. The molecule has 246 valence electrons. The largest absolute Gasteiger partial charge is 0.455 e. The van der Waals surface area contributed by atoms with Gasteiger partial charge in [0, 0.05) is 38.4 Å². The molecule has 52 heavy (non-hydrogen) atoms. The molecule has 10 rings (SSSR count). The van der Waals surface area contributed by atoms with Crippen molar-refractivity contribution in [1.82, 2.24) is 15.0 Å². The molecule has 0 bridgehead atoms. The molecule has 0 aliphatic heterocycles. The molecule has 4 heteroatoms. The SMILES string of the molecule is [2H]c1c([2H])c([2H])c(-c2cc(-c3c([2H])c([2H])c([2H])c([2H])c3[2H])c3oc4cc(-c5nc(-c6ccccc6)nc(-c6cccc7c6C(C)(C)c6ccccc6-7)n5)ccc4c3c2)c([2H])c1[2H]. The summed E-state index contributed by atoms with van der Waals surface area (Å²) < 4.78 is 92.0. The van der Waals surface area contributed by atoms with E-state index in [1.54, 1.807) is 18.2 Å². The molecule has 0 radical (unpaired) electrons. The summed E-state index contributed by atoms with van der Waals surface area (Å²) in [6, 6.07) is 27.5. The highest BCUT2D eigenvalue weighted by Crippen LogP contribution is 2.52. The standard InChI is InChI=1S/C48H33N3O/c1-48(2)41-24-13-12-21-35(41)37-22-14-23-38(43(37)48)47-50-45(32-19-10-5-11-20-32)49-46(51-47)33-25-26-36-40-28-34(30-15-6-3-7-16-30)27-39(31-17-8-4-9-18-31)44(40)52-42(36)29-33/h3-29H,1-2H3/i3D,4D,6D,7D,8D,9D,15D,16D,17D,18D. The molecule has 1 aliphatic carbocycles. The molecule has 4 nitrogen and oxygen atoms in total. The van der Waals surface area contributed by atoms with Gasteiger partial charge in [0.2, 0.25) is 0 Å². The highest BCUT2D eigenvalue weighted by atomic mass is 16.3. The molecule has 0 fully saturated rings. The monoisotopic (exact) mass is 677 g/mol. The highest BCUT2D eigenvalue weighted by molar-refractivity contribution is 6.12. The minimum absolute atomic E-state index is 0.0921. The molecular weight excluding hydrogens is 635 g/mol. The maximum atomic E-state index is 8.88. The third-order valence-corrected chi connectivity index (χ3v) is 9.88. The Labute approximate surface area is 316 Å². The van der Waals surface area contributed by atoms with Crippen LogP contribution in [0.4, 0.5) is 0 Å². The van der Waals surface area contributed by atoms with Crippen molar-refractivity contribution in [2.24, 2.45) is 0 Å². The lowest BCUT2D eigenvalue weighted by Crippen LogP contribution is -2.17. The van der Waals surface area contributed by atoms with Gasteiger partial charge in [-0.25, -0.2) is 15.0 Å². The summed E-state index contributed by atoms with van der Waals surface area (Å²) in [6.45, 7) is 4.41. The van der Waals surface area contributed by atoms with Crippen molar-refractivity contribution in [1.29, 1.82) is 0 Å². The van der Waals surface area contributed by atoms with Gasteiger partial charge in [0.05, 0.1) is 13.7 Å². The van der Waals surface area contributed by atoms with Crippen LogP contribution in [0.3, 0.4) is 0 Å². The minimum atomic E-state index is -0.573. The average Bonchev–Trinajstić information content (AvgIpc) is 3.78. The number of benzene rings is 7. The molecule has 9 aromatic rings. The number of aromatic nitrogens is 3. The summed E-state index contributed by atoms with van der Waals surface area (Å²) in [5, 5.41) is 0.991. The van der Waals surface area contributed by atoms with E-state index < -0.39 is 60.4 Å². The Balaban J connectivity index is 1.22. The van der Waals surface area contributed by atoms with Gasteiger partial charge in [0.15, 0.2) is 17.5 Å². The second-order valence-corrected chi connectivity index (χ2v) is 13.3. The molecule has 0 N–H and O–H groups in total. The topological polar surface area (TPSA) is 51.8 Å². The Hall–Kier alpha value is -6.65. The molecule has 0 unspecified atom stereocenters. The van der Waals surface area contributed by atoms with E-state index in [0.717, 1.165) is 22.3 Å². The molecule has 7 aromatic carbocycles. The predicted molar refractivity (Wildman–Crippen MR) is 212 cm³/mol. The molecule has 1 aliphatic rings. The number of furan rings is 1. The normalized spacial score (nSPS) is 15.7. The zero-order chi connectivity index (χ0) is 43.5. The van der Waals surface area contributed by atoms with Gasteiger partial charge in [0.1, 0.15) is 11.2 Å². The van der Waals surface area contributed by atoms with E-state index in [0.29, 0.717) is 39.4 Å². The third-order valence-electron chi connectivity index (χ3n) is 9.88. The van der Waals surface area contributed by atoms with Crippen LogP contribution in [-0.2, 0) is 5.41 Å². The van der Waals surface area contributed by atoms with Crippen LogP contribution in [0.15, 0.2) is 168 Å². The van der Waals surface area contributed by atoms with Crippen LogP contribution in [-0.4, -0.2) is 15.0 Å². The highest BCUT2D eigenvalue weighted by Gasteiger charge is 2.38. The summed E-state index contributed by atoms with van der Waals surface area (Å²) in [4.78, 5) is 15.2. The maximum absolute atomic E-state index is 8.88. The maximum Gasteiger partial charge on any atom is 0.164 e. The van der Waals surface area contributed by atoms with Crippen molar-refractivity contribution in [2.45, 2.75) is 19.3 Å². The fourth-order valence-electron chi connectivity index (χ4n) is 7.50. The van der Waals surface area contributed by atoms with E-state index in [4.69, 9.17) is 33.1 Å². The lowest BCUT2D eigenvalue weighted by Gasteiger charge is -2.24. The van der Waals surface area contributed by atoms with E-state index in [2.05, 4.69) is 38.1 Å². The minimum Gasteiger partial charge on any atom is -0.455 e. The van der Waals surface area contributed by atoms with Gasteiger partial charge in [-0.15, -0.1) is 0 Å². The summed E-state index contributed by atoms with van der Waals surface area (Å²) in [7, 11) is 0. The van der Waals surface area contributed by atoms with Crippen LogP contribution in [0, 0.1) is 0 Å². The first kappa shape index (κ1) is 21.5. The first-order valence-corrected chi connectivity index (χ1v) is 16.9. The average molecular weight is 678 g/mol. The third kappa shape index (κ3) is 4.79. The fraction of sp³-hybridized carbons (Fsp3) is 0.0625. The van der Waals surface area contributed by atoms with Crippen LogP contribution in [0.25, 0.3) is 89.5 Å². The molecule has 0 saturated heterocycles. The van der Waals surface area contributed by atoms with Crippen LogP contribution >= 0.6 is 0 Å². The van der Waals surface area contributed by atoms with Gasteiger partial charge < -0.3 is 4.42 Å². The molecule has 2 heterocycles. The Morgan fingerprint density at radius 1 is 0.481 bits per heavy atom. The molecule has 0 atom stereocenters. The van der Waals surface area contributed by atoms with Crippen LogP contribution in [0.1, 0.15) is 38.7 Å². The number of nitrogens with zero attached hydrogens (tertiary/aromatic N) is 3.